The number of hydrogen-bond donors (Lipinski definition) is 1. The summed E-state index contributed by atoms with van der Waals surface area (Å²) in [5.74, 6) is 1.30. The van der Waals surface area contributed by atoms with Gasteiger partial charge in [-0.1, -0.05) is 5.16 Å². The number of aromatic nitrogens is 2. The summed E-state index contributed by atoms with van der Waals surface area (Å²) < 4.78 is 30.6. The average molecular weight is 373 g/mol. The lowest BCUT2D eigenvalue weighted by Gasteiger charge is -2.16. The van der Waals surface area contributed by atoms with E-state index in [4.69, 9.17) is 4.52 Å². The van der Waals surface area contributed by atoms with E-state index in [9.17, 15) is 8.42 Å². The van der Waals surface area contributed by atoms with E-state index in [2.05, 4.69) is 15.5 Å². The van der Waals surface area contributed by atoms with E-state index < -0.39 is 10.0 Å². The van der Waals surface area contributed by atoms with Crippen molar-refractivity contribution in [1.29, 1.82) is 0 Å². The fraction of sp³-hybridized carbons (Fsp3) is 0.467. The van der Waals surface area contributed by atoms with E-state index in [1.165, 1.54) is 4.31 Å². The van der Waals surface area contributed by atoms with Crippen LogP contribution >= 0.6 is 12.4 Å². The quantitative estimate of drug-likeness (QED) is 0.861. The average Bonchev–Trinajstić information content (AvgIpc) is 3.13. The molecule has 9 heteroatoms. The van der Waals surface area contributed by atoms with Crippen LogP contribution < -0.4 is 9.62 Å². The Hall–Kier alpha value is -1.64. The first kappa shape index (κ1) is 18.7. The summed E-state index contributed by atoms with van der Waals surface area (Å²) in [6.45, 7) is 2.58. The molecule has 1 aromatic heterocycles. The van der Waals surface area contributed by atoms with Crippen molar-refractivity contribution in [3.05, 3.63) is 30.1 Å². The summed E-state index contributed by atoms with van der Waals surface area (Å²) in [5, 5.41) is 7.10. The normalized spacial score (nSPS) is 17.5. The molecule has 0 bridgehead atoms. The Kier molecular flexibility index (Phi) is 5.84. The van der Waals surface area contributed by atoms with Crippen LogP contribution in [0.2, 0.25) is 0 Å². The van der Waals surface area contributed by atoms with Gasteiger partial charge in [0.1, 0.15) is 0 Å². The van der Waals surface area contributed by atoms with E-state index in [0.29, 0.717) is 36.8 Å². The van der Waals surface area contributed by atoms with Crippen LogP contribution in [-0.4, -0.2) is 43.9 Å². The predicted molar refractivity (Wildman–Crippen MR) is 95.0 cm³/mol. The lowest BCUT2D eigenvalue weighted by molar-refractivity contribution is 0.418. The first-order chi connectivity index (χ1) is 11.0. The van der Waals surface area contributed by atoms with Crippen molar-refractivity contribution in [2.24, 2.45) is 0 Å². The number of halogens is 1. The molecule has 0 amide bonds. The smallest absolute Gasteiger partial charge is 0.257 e. The minimum atomic E-state index is -3.15. The number of sulfonamides is 1. The highest BCUT2D eigenvalue weighted by Gasteiger charge is 2.28. The fourth-order valence-electron chi connectivity index (χ4n) is 2.53. The van der Waals surface area contributed by atoms with Gasteiger partial charge in [-0.2, -0.15) is 4.98 Å². The maximum atomic E-state index is 11.9. The van der Waals surface area contributed by atoms with Crippen LogP contribution in [0.1, 0.15) is 19.2 Å². The molecule has 1 aromatic carbocycles. The molecule has 2 aromatic rings. The second-order valence-corrected chi connectivity index (χ2v) is 7.71. The van der Waals surface area contributed by atoms with Gasteiger partial charge in [-0.25, -0.2) is 8.42 Å². The Morgan fingerprint density at radius 1 is 1.33 bits per heavy atom. The minimum absolute atomic E-state index is 0. The molecule has 1 atom stereocenters. The number of nitrogens with zero attached hydrogens (tertiary/aromatic N) is 3. The van der Waals surface area contributed by atoms with Gasteiger partial charge in [0.2, 0.25) is 10.0 Å². The van der Waals surface area contributed by atoms with Crippen LogP contribution in [0.25, 0.3) is 11.5 Å². The Balaban J connectivity index is 0.00000208. The van der Waals surface area contributed by atoms with Crippen molar-refractivity contribution in [1.82, 2.24) is 15.5 Å². The van der Waals surface area contributed by atoms with Crippen LogP contribution in [0.15, 0.2) is 28.8 Å². The van der Waals surface area contributed by atoms with Crippen molar-refractivity contribution in [2.45, 2.75) is 25.8 Å². The fourth-order valence-corrected chi connectivity index (χ4v) is 4.09. The molecule has 0 radical (unpaired) electrons. The van der Waals surface area contributed by atoms with Crippen molar-refractivity contribution < 1.29 is 12.9 Å². The zero-order chi connectivity index (χ0) is 16.4. The summed E-state index contributed by atoms with van der Waals surface area (Å²) in [6, 6.07) is 7.43. The molecule has 1 N–H and O–H groups in total. The Bertz CT molecular complexity index is 776. The van der Waals surface area contributed by atoms with Crippen molar-refractivity contribution in [3.8, 4) is 11.5 Å². The summed E-state index contributed by atoms with van der Waals surface area (Å²) in [7, 11) is -1.27. The molecule has 0 spiro atoms. The number of benzene rings is 1. The number of rotatable bonds is 5. The molecular formula is C15H21ClN4O3S. The molecule has 1 unspecified atom stereocenters. The van der Waals surface area contributed by atoms with Gasteiger partial charge < -0.3 is 9.84 Å². The maximum Gasteiger partial charge on any atom is 0.257 e. The predicted octanol–water partition coefficient (Wildman–Crippen LogP) is 1.85. The van der Waals surface area contributed by atoms with E-state index in [-0.39, 0.29) is 24.2 Å². The summed E-state index contributed by atoms with van der Waals surface area (Å²) in [4.78, 5) is 4.37. The second-order valence-electron chi connectivity index (χ2n) is 5.70. The summed E-state index contributed by atoms with van der Waals surface area (Å²) in [5.41, 5.74) is 1.45. The Morgan fingerprint density at radius 3 is 2.62 bits per heavy atom. The van der Waals surface area contributed by atoms with E-state index in [0.717, 1.165) is 5.56 Å². The van der Waals surface area contributed by atoms with E-state index in [1.54, 1.807) is 12.1 Å². The van der Waals surface area contributed by atoms with Crippen LogP contribution in [0.5, 0.6) is 0 Å². The van der Waals surface area contributed by atoms with Crippen LogP contribution in [0, 0.1) is 0 Å². The van der Waals surface area contributed by atoms with Gasteiger partial charge in [0, 0.05) is 24.6 Å². The van der Waals surface area contributed by atoms with Crippen LogP contribution in [0.4, 0.5) is 5.69 Å². The third kappa shape index (κ3) is 3.88. The van der Waals surface area contributed by atoms with Gasteiger partial charge >= 0.3 is 0 Å². The third-order valence-corrected chi connectivity index (χ3v) is 5.82. The molecule has 7 nitrogen and oxygen atoms in total. The topological polar surface area (TPSA) is 88.3 Å². The lowest BCUT2D eigenvalue weighted by atomic mass is 10.2. The lowest BCUT2D eigenvalue weighted by Crippen LogP contribution is -2.24. The zero-order valence-corrected chi connectivity index (χ0v) is 15.2. The largest absolute Gasteiger partial charge is 0.334 e. The number of likely N-dealkylation sites (N-methyl/N-ethyl adjacent to an activating group) is 1. The standard InChI is InChI=1S/C15H20N4O3S.ClH/c1-11(16-2)10-14-17-15(22-18-14)12-4-6-13(7-5-12)19-8-3-9-23(19,20)21;/h4-7,11,16H,3,8-10H2,1-2H3;1H. The second kappa shape index (κ2) is 7.50. The third-order valence-electron chi connectivity index (χ3n) is 3.95. The highest BCUT2D eigenvalue weighted by Crippen LogP contribution is 2.26. The number of hydrogen-bond acceptors (Lipinski definition) is 6. The number of nitrogens with one attached hydrogen (secondary N) is 1. The molecule has 1 aliphatic heterocycles. The summed E-state index contributed by atoms with van der Waals surface area (Å²) >= 11 is 0. The highest BCUT2D eigenvalue weighted by atomic mass is 35.5. The van der Waals surface area contributed by atoms with E-state index >= 15 is 0 Å². The van der Waals surface area contributed by atoms with Gasteiger partial charge in [-0.3, -0.25) is 4.31 Å². The van der Waals surface area contributed by atoms with Gasteiger partial charge in [-0.15, -0.1) is 12.4 Å². The first-order valence-corrected chi connectivity index (χ1v) is 9.21. The molecule has 0 aliphatic carbocycles. The van der Waals surface area contributed by atoms with Crippen molar-refractivity contribution >= 4 is 28.1 Å². The maximum absolute atomic E-state index is 11.9. The highest BCUT2D eigenvalue weighted by molar-refractivity contribution is 7.93. The van der Waals surface area contributed by atoms with Gasteiger partial charge in [-0.05, 0) is 44.7 Å². The number of anilines is 1. The molecule has 132 valence electrons. The van der Waals surface area contributed by atoms with Crippen molar-refractivity contribution in [3.63, 3.8) is 0 Å². The van der Waals surface area contributed by atoms with Gasteiger partial charge in [0.15, 0.2) is 5.82 Å². The van der Waals surface area contributed by atoms with E-state index in [1.807, 2.05) is 26.1 Å². The zero-order valence-electron chi connectivity index (χ0n) is 13.6. The monoisotopic (exact) mass is 372 g/mol. The first-order valence-electron chi connectivity index (χ1n) is 7.60. The molecular weight excluding hydrogens is 352 g/mol. The Morgan fingerprint density at radius 2 is 2.04 bits per heavy atom. The SMILES string of the molecule is CNC(C)Cc1noc(-c2ccc(N3CCCS3(=O)=O)cc2)n1.Cl. The Labute approximate surface area is 147 Å². The molecule has 0 saturated carbocycles. The molecule has 1 aliphatic rings. The van der Waals surface area contributed by atoms with Crippen LogP contribution in [0.3, 0.4) is 0 Å². The minimum Gasteiger partial charge on any atom is -0.334 e. The van der Waals surface area contributed by atoms with Gasteiger partial charge in [0.05, 0.1) is 11.4 Å². The molecule has 2 heterocycles. The van der Waals surface area contributed by atoms with Gasteiger partial charge in [0.25, 0.3) is 5.89 Å². The summed E-state index contributed by atoms with van der Waals surface area (Å²) in [6.07, 6.45) is 1.35. The molecule has 1 fully saturated rings. The molecule has 3 rings (SSSR count). The van der Waals surface area contributed by atoms with Crippen molar-refractivity contribution in [2.75, 3.05) is 23.7 Å². The molecule has 1 saturated heterocycles. The van der Waals surface area contributed by atoms with Crippen LogP contribution in [-0.2, 0) is 16.4 Å². The molecule has 24 heavy (non-hydrogen) atoms.